The molecule has 0 aliphatic carbocycles. The van der Waals surface area contributed by atoms with Crippen molar-refractivity contribution in [2.75, 3.05) is 0 Å². The zero-order chi connectivity index (χ0) is 19.3. The van der Waals surface area contributed by atoms with E-state index in [9.17, 15) is 14.0 Å². The van der Waals surface area contributed by atoms with Crippen LogP contribution in [0.4, 0.5) is 4.39 Å². The fourth-order valence-corrected chi connectivity index (χ4v) is 2.06. The second kappa shape index (κ2) is 8.07. The molecule has 0 radical (unpaired) electrons. The maximum atomic E-state index is 12.9. The number of halogens is 1. The molecule has 1 aromatic carbocycles. The highest BCUT2D eigenvalue weighted by atomic mass is 19.1. The van der Waals surface area contributed by atoms with E-state index < -0.39 is 17.6 Å². The predicted molar refractivity (Wildman–Crippen MR) is 91.5 cm³/mol. The summed E-state index contributed by atoms with van der Waals surface area (Å²) in [7, 11) is 0. The van der Waals surface area contributed by atoms with Crippen molar-refractivity contribution in [3.05, 3.63) is 36.0 Å². The summed E-state index contributed by atoms with van der Waals surface area (Å²) in [6.45, 7) is 7.04. The highest BCUT2D eigenvalue weighted by Crippen LogP contribution is 2.16. The van der Waals surface area contributed by atoms with Gasteiger partial charge in [0.25, 0.3) is 5.91 Å². The lowest BCUT2D eigenvalue weighted by molar-refractivity contribution is -0.155. The van der Waals surface area contributed by atoms with Crippen LogP contribution in [0, 0.1) is 5.82 Å². The van der Waals surface area contributed by atoms with E-state index in [1.54, 1.807) is 0 Å². The van der Waals surface area contributed by atoms with Gasteiger partial charge < -0.3 is 14.6 Å². The van der Waals surface area contributed by atoms with Crippen molar-refractivity contribution in [2.24, 2.45) is 0 Å². The number of carbonyl (C=O) groups is 2. The van der Waals surface area contributed by atoms with Gasteiger partial charge >= 0.3 is 5.97 Å². The minimum atomic E-state index is -0.890. The number of amides is 1. The molecule has 1 atom stereocenters. The first kappa shape index (κ1) is 19.6. The first-order valence-corrected chi connectivity index (χ1v) is 8.24. The van der Waals surface area contributed by atoms with Gasteiger partial charge in [-0.2, -0.15) is 4.98 Å². The van der Waals surface area contributed by atoms with Crippen LogP contribution < -0.4 is 5.32 Å². The predicted octanol–water partition coefficient (Wildman–Crippen LogP) is 2.65. The molecule has 26 heavy (non-hydrogen) atoms. The highest BCUT2D eigenvalue weighted by Gasteiger charge is 2.22. The summed E-state index contributed by atoms with van der Waals surface area (Å²) < 4.78 is 23.1. The number of carbonyl (C=O) groups excluding carboxylic acids is 2. The SMILES string of the molecule is CC(OC(=O)CCc1nc(-c2ccc(F)cc2)no1)C(=O)NC(C)(C)C. The number of esters is 1. The molecule has 0 spiro atoms. The summed E-state index contributed by atoms with van der Waals surface area (Å²) in [6.07, 6.45) is -0.710. The van der Waals surface area contributed by atoms with Crippen LogP contribution in [0.3, 0.4) is 0 Å². The molecule has 1 aromatic heterocycles. The van der Waals surface area contributed by atoms with E-state index >= 15 is 0 Å². The third-order valence-corrected chi connectivity index (χ3v) is 3.29. The number of aromatic nitrogens is 2. The number of benzene rings is 1. The highest BCUT2D eigenvalue weighted by molar-refractivity contribution is 5.83. The summed E-state index contributed by atoms with van der Waals surface area (Å²) in [5, 5.41) is 6.54. The number of hydrogen-bond acceptors (Lipinski definition) is 6. The molecule has 7 nitrogen and oxygen atoms in total. The Bertz CT molecular complexity index is 765. The van der Waals surface area contributed by atoms with Crippen molar-refractivity contribution < 1.29 is 23.2 Å². The Kier molecular flexibility index (Phi) is 6.07. The Labute approximate surface area is 150 Å². The van der Waals surface area contributed by atoms with Crippen LogP contribution in [0.1, 0.15) is 40.0 Å². The Morgan fingerprint density at radius 1 is 1.27 bits per heavy atom. The number of nitrogens with one attached hydrogen (secondary N) is 1. The molecular formula is C18H22FN3O4. The number of rotatable bonds is 6. The summed E-state index contributed by atoms with van der Waals surface area (Å²) in [6, 6.07) is 5.67. The van der Waals surface area contributed by atoms with Gasteiger partial charge in [0.2, 0.25) is 11.7 Å². The Morgan fingerprint density at radius 2 is 1.92 bits per heavy atom. The average molecular weight is 363 g/mol. The van der Waals surface area contributed by atoms with Crippen LogP contribution in [0.15, 0.2) is 28.8 Å². The Balaban J connectivity index is 1.84. The van der Waals surface area contributed by atoms with Gasteiger partial charge in [0.1, 0.15) is 5.82 Å². The Morgan fingerprint density at radius 3 is 2.54 bits per heavy atom. The number of aryl methyl sites for hydroxylation is 1. The van der Waals surface area contributed by atoms with Crippen LogP contribution in [-0.2, 0) is 20.7 Å². The monoisotopic (exact) mass is 363 g/mol. The molecule has 0 bridgehead atoms. The first-order valence-electron chi connectivity index (χ1n) is 8.24. The van der Waals surface area contributed by atoms with Crippen molar-refractivity contribution in [1.82, 2.24) is 15.5 Å². The van der Waals surface area contributed by atoms with E-state index in [-0.39, 0.29) is 30.5 Å². The quantitative estimate of drug-likeness (QED) is 0.793. The third-order valence-electron chi connectivity index (χ3n) is 3.29. The van der Waals surface area contributed by atoms with E-state index in [2.05, 4.69) is 15.5 Å². The van der Waals surface area contributed by atoms with Gasteiger partial charge in [-0.25, -0.2) is 4.39 Å². The van der Waals surface area contributed by atoms with Gasteiger partial charge in [-0.1, -0.05) is 5.16 Å². The zero-order valence-corrected chi connectivity index (χ0v) is 15.2. The average Bonchev–Trinajstić information content (AvgIpc) is 3.01. The second-order valence-electron chi connectivity index (χ2n) is 6.89. The third kappa shape index (κ3) is 5.94. The molecule has 8 heteroatoms. The maximum Gasteiger partial charge on any atom is 0.307 e. The molecule has 0 aliphatic heterocycles. The minimum absolute atomic E-state index is 0.00180. The van der Waals surface area contributed by atoms with Crippen LogP contribution >= 0.6 is 0 Å². The number of hydrogen-bond donors (Lipinski definition) is 1. The molecule has 0 saturated carbocycles. The van der Waals surface area contributed by atoms with Crippen LogP contribution in [0.2, 0.25) is 0 Å². The van der Waals surface area contributed by atoms with Crippen molar-refractivity contribution in [2.45, 2.75) is 52.2 Å². The molecule has 1 heterocycles. The van der Waals surface area contributed by atoms with E-state index in [4.69, 9.17) is 9.26 Å². The minimum Gasteiger partial charge on any atom is -0.453 e. The van der Waals surface area contributed by atoms with Gasteiger partial charge in [-0.05, 0) is 52.0 Å². The molecule has 0 fully saturated rings. The van der Waals surface area contributed by atoms with Crippen LogP contribution in [0.5, 0.6) is 0 Å². The number of ether oxygens (including phenoxy) is 1. The maximum absolute atomic E-state index is 12.9. The normalized spacial score (nSPS) is 12.5. The Hall–Kier alpha value is -2.77. The van der Waals surface area contributed by atoms with E-state index in [0.717, 1.165) is 0 Å². The molecule has 140 valence electrons. The summed E-state index contributed by atoms with van der Waals surface area (Å²) in [4.78, 5) is 27.9. The van der Waals surface area contributed by atoms with Gasteiger partial charge in [-0.3, -0.25) is 9.59 Å². The lowest BCUT2D eigenvalue weighted by Gasteiger charge is -2.23. The van der Waals surface area contributed by atoms with E-state index in [1.165, 1.54) is 31.2 Å². The van der Waals surface area contributed by atoms with E-state index in [0.29, 0.717) is 11.4 Å². The summed E-state index contributed by atoms with van der Waals surface area (Å²) in [5.74, 6) is -0.686. The zero-order valence-electron chi connectivity index (χ0n) is 15.2. The molecule has 2 rings (SSSR count). The van der Waals surface area contributed by atoms with Crippen LogP contribution in [-0.4, -0.2) is 33.7 Å². The molecule has 1 amide bonds. The smallest absolute Gasteiger partial charge is 0.307 e. The number of nitrogens with zero attached hydrogens (tertiary/aromatic N) is 2. The van der Waals surface area contributed by atoms with Gasteiger partial charge in [0.05, 0.1) is 6.42 Å². The molecule has 1 unspecified atom stereocenters. The molecule has 0 saturated heterocycles. The largest absolute Gasteiger partial charge is 0.453 e. The molecular weight excluding hydrogens is 341 g/mol. The van der Waals surface area contributed by atoms with Crippen LogP contribution in [0.25, 0.3) is 11.4 Å². The molecule has 0 aliphatic rings. The first-order chi connectivity index (χ1) is 12.1. The van der Waals surface area contributed by atoms with Crippen molar-refractivity contribution in [1.29, 1.82) is 0 Å². The standard InChI is InChI=1S/C18H22FN3O4/c1-11(17(24)21-18(2,3)4)25-15(23)10-9-14-20-16(22-26-14)12-5-7-13(19)8-6-12/h5-8,11H,9-10H2,1-4H3,(H,21,24). The van der Waals surface area contributed by atoms with E-state index in [1.807, 2.05) is 20.8 Å². The molecule has 2 aromatic rings. The topological polar surface area (TPSA) is 94.3 Å². The van der Waals surface area contributed by atoms with Gasteiger partial charge in [-0.15, -0.1) is 0 Å². The lowest BCUT2D eigenvalue weighted by Crippen LogP contribution is -2.46. The second-order valence-corrected chi connectivity index (χ2v) is 6.89. The van der Waals surface area contributed by atoms with Gasteiger partial charge in [0.15, 0.2) is 6.10 Å². The molecule has 1 N–H and O–H groups in total. The van der Waals surface area contributed by atoms with Gasteiger partial charge in [0, 0.05) is 17.5 Å². The fourth-order valence-electron chi connectivity index (χ4n) is 2.06. The lowest BCUT2D eigenvalue weighted by atomic mass is 10.1. The van der Waals surface area contributed by atoms with Crippen molar-refractivity contribution >= 4 is 11.9 Å². The van der Waals surface area contributed by atoms with Crippen molar-refractivity contribution in [3.63, 3.8) is 0 Å². The summed E-state index contributed by atoms with van der Waals surface area (Å²) in [5.41, 5.74) is 0.203. The van der Waals surface area contributed by atoms with Crippen molar-refractivity contribution in [3.8, 4) is 11.4 Å². The fraction of sp³-hybridized carbons (Fsp3) is 0.444. The summed E-state index contributed by atoms with van der Waals surface area (Å²) >= 11 is 0.